The maximum Gasteiger partial charge on any atom is 0.233 e. The summed E-state index contributed by atoms with van der Waals surface area (Å²) >= 11 is 1.76. The van der Waals surface area contributed by atoms with E-state index in [0.717, 1.165) is 13.1 Å². The molecule has 1 amide bonds. The molecule has 3 rings (SSSR count). The Morgan fingerprint density at radius 3 is 2.45 bits per heavy atom. The monoisotopic (exact) mass is 340 g/mol. The molecule has 2 fully saturated rings. The van der Waals surface area contributed by atoms with Crippen LogP contribution in [0, 0.1) is 6.92 Å². The second kappa shape index (κ2) is 8.23. The van der Waals surface area contributed by atoms with Gasteiger partial charge in [-0.05, 0) is 38.4 Å². The number of carbonyl (C=O) groups is 1. The van der Waals surface area contributed by atoms with Gasteiger partial charge in [-0.25, -0.2) is 0 Å². The molecule has 2 aliphatic heterocycles. The van der Waals surface area contributed by atoms with E-state index in [9.17, 15) is 4.79 Å². The van der Waals surface area contributed by atoms with Crippen molar-refractivity contribution in [3.8, 4) is 0 Å². The van der Waals surface area contributed by atoms with Gasteiger partial charge in [0, 0.05) is 13.1 Å². The van der Waals surface area contributed by atoms with Crippen molar-refractivity contribution in [2.75, 3.05) is 31.9 Å². The highest BCUT2D eigenvalue weighted by atomic mass is 35.5. The molecule has 22 heavy (non-hydrogen) atoms. The van der Waals surface area contributed by atoms with Gasteiger partial charge in [-0.2, -0.15) is 0 Å². The lowest BCUT2D eigenvalue weighted by atomic mass is 10.1. The number of likely N-dealkylation sites (tertiary alicyclic amines) is 1. The summed E-state index contributed by atoms with van der Waals surface area (Å²) < 4.78 is 0. The van der Waals surface area contributed by atoms with Crippen molar-refractivity contribution in [1.29, 1.82) is 0 Å². The fourth-order valence-electron chi connectivity index (χ4n) is 3.14. The molecule has 2 aliphatic rings. The molecule has 122 valence electrons. The SMILES string of the molecule is Cc1ccc(C2SCC(=O)N2CCN2CCCCC2)cc1.Cl. The average Bonchev–Trinajstić information content (AvgIpc) is 2.88. The molecule has 2 heterocycles. The molecule has 0 bridgehead atoms. The molecule has 1 unspecified atom stereocenters. The van der Waals surface area contributed by atoms with Crippen LogP contribution in [0.2, 0.25) is 0 Å². The summed E-state index contributed by atoms with van der Waals surface area (Å²) in [4.78, 5) is 16.8. The van der Waals surface area contributed by atoms with Crippen molar-refractivity contribution in [1.82, 2.24) is 9.80 Å². The van der Waals surface area contributed by atoms with Crippen LogP contribution in [0.3, 0.4) is 0 Å². The third-order valence-corrected chi connectivity index (χ3v) is 5.69. The van der Waals surface area contributed by atoms with Crippen LogP contribution < -0.4 is 0 Å². The molecule has 2 saturated heterocycles. The van der Waals surface area contributed by atoms with Crippen LogP contribution in [0.25, 0.3) is 0 Å². The average molecular weight is 341 g/mol. The summed E-state index contributed by atoms with van der Waals surface area (Å²) in [5.41, 5.74) is 2.53. The number of nitrogens with zero attached hydrogens (tertiary/aromatic N) is 2. The molecular formula is C17H25ClN2OS. The largest absolute Gasteiger partial charge is 0.325 e. The van der Waals surface area contributed by atoms with Crippen LogP contribution in [0.15, 0.2) is 24.3 Å². The van der Waals surface area contributed by atoms with E-state index in [1.165, 1.54) is 43.5 Å². The molecule has 0 aliphatic carbocycles. The first-order valence-electron chi connectivity index (χ1n) is 7.94. The van der Waals surface area contributed by atoms with E-state index in [-0.39, 0.29) is 17.8 Å². The summed E-state index contributed by atoms with van der Waals surface area (Å²) in [7, 11) is 0. The minimum Gasteiger partial charge on any atom is -0.325 e. The lowest BCUT2D eigenvalue weighted by Crippen LogP contribution is -2.39. The van der Waals surface area contributed by atoms with Crippen molar-refractivity contribution in [2.45, 2.75) is 31.6 Å². The molecule has 1 atom stereocenters. The van der Waals surface area contributed by atoms with E-state index in [1.807, 2.05) is 0 Å². The number of amides is 1. The smallest absolute Gasteiger partial charge is 0.233 e. The van der Waals surface area contributed by atoms with E-state index < -0.39 is 0 Å². The van der Waals surface area contributed by atoms with Crippen molar-refractivity contribution < 1.29 is 4.79 Å². The highest BCUT2D eigenvalue weighted by Crippen LogP contribution is 2.38. The Morgan fingerprint density at radius 1 is 1.09 bits per heavy atom. The second-order valence-corrected chi connectivity index (χ2v) is 7.13. The first kappa shape index (κ1) is 17.6. The zero-order valence-corrected chi connectivity index (χ0v) is 14.8. The predicted octanol–water partition coefficient (Wildman–Crippen LogP) is 3.48. The minimum absolute atomic E-state index is 0. The molecule has 1 aromatic rings. The summed E-state index contributed by atoms with van der Waals surface area (Å²) in [5, 5.41) is 0.211. The molecule has 1 aromatic carbocycles. The van der Waals surface area contributed by atoms with Crippen LogP contribution >= 0.6 is 24.2 Å². The van der Waals surface area contributed by atoms with E-state index in [0.29, 0.717) is 11.7 Å². The highest BCUT2D eigenvalue weighted by Gasteiger charge is 2.32. The lowest BCUT2D eigenvalue weighted by Gasteiger charge is -2.30. The second-order valence-electron chi connectivity index (χ2n) is 6.06. The number of piperidine rings is 1. The van der Waals surface area contributed by atoms with Crippen LogP contribution in [-0.2, 0) is 4.79 Å². The summed E-state index contributed by atoms with van der Waals surface area (Å²) in [5.74, 6) is 0.918. The lowest BCUT2D eigenvalue weighted by molar-refractivity contribution is -0.128. The van der Waals surface area contributed by atoms with Crippen molar-refractivity contribution in [3.05, 3.63) is 35.4 Å². The Kier molecular flexibility index (Phi) is 6.60. The Hall–Kier alpha value is -0.710. The van der Waals surface area contributed by atoms with Crippen LogP contribution in [0.4, 0.5) is 0 Å². The van der Waals surface area contributed by atoms with Gasteiger partial charge < -0.3 is 9.80 Å². The number of carbonyl (C=O) groups excluding carboxylic acids is 1. The molecule has 0 aromatic heterocycles. The number of halogens is 1. The maximum atomic E-state index is 12.2. The van der Waals surface area contributed by atoms with Gasteiger partial charge in [0.15, 0.2) is 0 Å². The van der Waals surface area contributed by atoms with E-state index in [1.54, 1.807) is 11.8 Å². The van der Waals surface area contributed by atoms with Gasteiger partial charge in [0.25, 0.3) is 0 Å². The Labute approximate surface area is 143 Å². The minimum atomic E-state index is 0. The Morgan fingerprint density at radius 2 is 1.77 bits per heavy atom. The summed E-state index contributed by atoms with van der Waals surface area (Å²) in [6.45, 7) is 6.39. The van der Waals surface area contributed by atoms with Gasteiger partial charge >= 0.3 is 0 Å². The van der Waals surface area contributed by atoms with Gasteiger partial charge in [0.2, 0.25) is 5.91 Å². The number of hydrogen-bond acceptors (Lipinski definition) is 3. The molecule has 0 saturated carbocycles. The van der Waals surface area contributed by atoms with Crippen molar-refractivity contribution >= 4 is 30.1 Å². The number of thioether (sulfide) groups is 1. The quantitative estimate of drug-likeness (QED) is 0.838. The molecule has 0 radical (unpaired) electrons. The summed E-state index contributed by atoms with van der Waals surface area (Å²) in [6, 6.07) is 8.61. The molecule has 0 N–H and O–H groups in total. The maximum absolute atomic E-state index is 12.2. The number of rotatable bonds is 4. The Balaban J connectivity index is 0.00000176. The van der Waals surface area contributed by atoms with Gasteiger partial charge in [-0.1, -0.05) is 36.2 Å². The third-order valence-electron chi connectivity index (χ3n) is 4.44. The molecule has 3 nitrogen and oxygen atoms in total. The third kappa shape index (κ3) is 4.18. The van der Waals surface area contributed by atoms with Gasteiger partial charge in [0.1, 0.15) is 5.37 Å². The number of benzene rings is 1. The van der Waals surface area contributed by atoms with Crippen LogP contribution in [0.5, 0.6) is 0 Å². The fourth-order valence-corrected chi connectivity index (χ4v) is 4.35. The highest BCUT2D eigenvalue weighted by molar-refractivity contribution is 8.00. The number of hydrogen-bond donors (Lipinski definition) is 0. The van der Waals surface area contributed by atoms with Crippen LogP contribution in [0.1, 0.15) is 35.8 Å². The fraction of sp³-hybridized carbons (Fsp3) is 0.588. The Bertz CT molecular complexity index is 488. The van der Waals surface area contributed by atoms with Gasteiger partial charge in [0.05, 0.1) is 5.75 Å². The van der Waals surface area contributed by atoms with Crippen molar-refractivity contribution in [2.24, 2.45) is 0 Å². The summed E-state index contributed by atoms with van der Waals surface area (Å²) in [6.07, 6.45) is 3.98. The van der Waals surface area contributed by atoms with E-state index in [2.05, 4.69) is 41.0 Å². The normalized spacial score (nSPS) is 22.7. The first-order chi connectivity index (χ1) is 10.2. The van der Waals surface area contributed by atoms with E-state index in [4.69, 9.17) is 0 Å². The number of aryl methyl sites for hydroxylation is 1. The van der Waals surface area contributed by atoms with Crippen LogP contribution in [-0.4, -0.2) is 47.6 Å². The van der Waals surface area contributed by atoms with Gasteiger partial charge in [-0.15, -0.1) is 24.2 Å². The first-order valence-corrected chi connectivity index (χ1v) is 8.99. The van der Waals surface area contributed by atoms with Gasteiger partial charge in [-0.3, -0.25) is 4.79 Å². The zero-order chi connectivity index (χ0) is 14.7. The molecule has 0 spiro atoms. The molecular weight excluding hydrogens is 316 g/mol. The van der Waals surface area contributed by atoms with Crippen molar-refractivity contribution in [3.63, 3.8) is 0 Å². The zero-order valence-electron chi connectivity index (χ0n) is 13.2. The van der Waals surface area contributed by atoms with E-state index >= 15 is 0 Å². The topological polar surface area (TPSA) is 23.6 Å². The molecule has 5 heteroatoms. The standard InChI is InChI=1S/C17H24N2OS.ClH/c1-14-5-7-15(8-6-14)17-19(16(20)13-21-17)12-11-18-9-3-2-4-10-18;/h5-8,17H,2-4,9-13H2,1H3;1H. The predicted molar refractivity (Wildman–Crippen MR) is 95.6 cm³/mol.